The number of ether oxygens (including phenoxy) is 1. The van der Waals surface area contributed by atoms with Gasteiger partial charge in [-0.25, -0.2) is 0 Å². The summed E-state index contributed by atoms with van der Waals surface area (Å²) in [6, 6.07) is 2.63. The maximum absolute atomic E-state index is 9.21. The molecule has 0 aliphatic rings. The van der Waals surface area contributed by atoms with Crippen molar-refractivity contribution in [2.45, 2.75) is 78.2 Å². The average molecular weight is 226 g/mol. The van der Waals surface area contributed by atoms with Crippen LogP contribution in [-0.4, -0.2) is 23.3 Å². The second-order valence-corrected chi connectivity index (χ2v) is 5.99. The lowest BCUT2D eigenvalue weighted by atomic mass is 9.95. The first-order valence-corrected chi connectivity index (χ1v) is 5.95. The van der Waals surface area contributed by atoms with Crippen molar-refractivity contribution in [3.63, 3.8) is 0 Å². The summed E-state index contributed by atoms with van der Waals surface area (Å²) in [5.41, 5.74) is -0.674. The van der Waals surface area contributed by atoms with Gasteiger partial charge in [-0.1, -0.05) is 0 Å². The average Bonchev–Trinajstić information content (AvgIpc) is 1.98. The van der Waals surface area contributed by atoms with Crippen molar-refractivity contribution in [2.75, 3.05) is 0 Å². The van der Waals surface area contributed by atoms with Crippen LogP contribution in [0.25, 0.3) is 0 Å². The smallest absolute Gasteiger partial charge is 0.106 e. The van der Waals surface area contributed by atoms with Crippen LogP contribution >= 0.6 is 0 Å². The van der Waals surface area contributed by atoms with Crippen LogP contribution in [0.4, 0.5) is 0 Å². The van der Waals surface area contributed by atoms with Crippen molar-refractivity contribution >= 4 is 0 Å². The molecule has 0 spiro atoms. The minimum Gasteiger partial charge on any atom is -0.373 e. The van der Waals surface area contributed by atoms with Crippen LogP contribution in [0.3, 0.4) is 0 Å². The second-order valence-electron chi connectivity index (χ2n) is 5.99. The molecule has 1 N–H and O–H groups in total. The van der Waals surface area contributed by atoms with E-state index in [0.29, 0.717) is 12.5 Å². The first-order valence-electron chi connectivity index (χ1n) is 5.95. The Hall–Kier alpha value is -0.590. The monoisotopic (exact) mass is 226 g/mol. The Morgan fingerprint density at radius 2 is 1.69 bits per heavy atom. The molecule has 3 nitrogen and oxygen atoms in total. The third kappa shape index (κ3) is 6.81. The molecular formula is C13H26N2O. The summed E-state index contributed by atoms with van der Waals surface area (Å²) in [6.07, 6.45) is 0.759. The molecule has 0 saturated heterocycles. The Bertz CT molecular complexity index is 250. The Morgan fingerprint density at radius 3 is 2.00 bits per heavy atom. The molecule has 0 amide bonds. The summed E-state index contributed by atoms with van der Waals surface area (Å²) in [5.74, 6) is 0. The van der Waals surface area contributed by atoms with Crippen LogP contribution in [0.15, 0.2) is 0 Å². The molecule has 0 heterocycles. The predicted molar refractivity (Wildman–Crippen MR) is 67.2 cm³/mol. The topological polar surface area (TPSA) is 45.0 Å². The molecule has 0 rings (SSSR count). The summed E-state index contributed by atoms with van der Waals surface area (Å²) in [4.78, 5) is 0. The van der Waals surface area contributed by atoms with Crippen LogP contribution in [0, 0.1) is 11.3 Å². The maximum atomic E-state index is 9.21. The van der Waals surface area contributed by atoms with E-state index in [1.807, 2.05) is 48.5 Å². The predicted octanol–water partition coefficient (Wildman–Crippen LogP) is 2.86. The first-order chi connectivity index (χ1) is 7.08. The normalized spacial score (nSPS) is 17.9. The highest BCUT2D eigenvalue weighted by Crippen LogP contribution is 2.19. The van der Waals surface area contributed by atoms with E-state index in [1.54, 1.807) is 0 Å². The summed E-state index contributed by atoms with van der Waals surface area (Å²) in [6.45, 7) is 14.1. The molecule has 0 aromatic carbocycles. The summed E-state index contributed by atoms with van der Waals surface area (Å²) < 4.78 is 5.83. The molecule has 0 aliphatic heterocycles. The summed E-state index contributed by atoms with van der Waals surface area (Å²) in [7, 11) is 0. The Balaban J connectivity index is 4.38. The molecule has 2 unspecified atom stereocenters. The van der Waals surface area contributed by atoms with Gasteiger partial charge >= 0.3 is 0 Å². The van der Waals surface area contributed by atoms with Crippen molar-refractivity contribution in [3.8, 4) is 6.07 Å². The number of nitrogens with zero attached hydrogens (tertiary/aromatic N) is 1. The van der Waals surface area contributed by atoms with Gasteiger partial charge in [0.2, 0.25) is 0 Å². The van der Waals surface area contributed by atoms with Gasteiger partial charge in [-0.3, -0.25) is 5.32 Å². The minimum absolute atomic E-state index is 0.0656. The van der Waals surface area contributed by atoms with Crippen LogP contribution in [0.1, 0.15) is 54.9 Å². The molecule has 0 fully saturated rings. The maximum Gasteiger partial charge on any atom is 0.106 e. The lowest BCUT2D eigenvalue weighted by Crippen LogP contribution is -2.47. The zero-order chi connectivity index (χ0) is 13.0. The summed E-state index contributed by atoms with van der Waals surface area (Å²) >= 11 is 0. The summed E-state index contributed by atoms with van der Waals surface area (Å²) in [5, 5.41) is 12.5. The number of nitrogens with one attached hydrogen (secondary N) is 1. The fourth-order valence-corrected chi connectivity index (χ4v) is 1.99. The third-order valence-corrected chi connectivity index (χ3v) is 2.10. The molecule has 0 aromatic rings. The van der Waals surface area contributed by atoms with Crippen molar-refractivity contribution < 1.29 is 4.74 Å². The number of hydrogen-bond donors (Lipinski definition) is 1. The van der Waals surface area contributed by atoms with Gasteiger partial charge in [-0.15, -0.1) is 0 Å². The molecule has 16 heavy (non-hydrogen) atoms. The molecule has 0 saturated carbocycles. The minimum atomic E-state index is -0.515. The molecule has 0 aliphatic carbocycles. The van der Waals surface area contributed by atoms with E-state index in [4.69, 9.17) is 4.74 Å². The van der Waals surface area contributed by atoms with Crippen LogP contribution in [0.5, 0.6) is 0 Å². The van der Waals surface area contributed by atoms with Crippen LogP contribution in [0.2, 0.25) is 0 Å². The Morgan fingerprint density at radius 1 is 1.19 bits per heavy atom. The van der Waals surface area contributed by atoms with E-state index >= 15 is 0 Å². The second kappa shape index (κ2) is 5.65. The van der Waals surface area contributed by atoms with Gasteiger partial charge in [0.25, 0.3) is 0 Å². The lowest BCUT2D eigenvalue weighted by molar-refractivity contribution is -0.0604. The lowest BCUT2D eigenvalue weighted by Gasteiger charge is -2.32. The van der Waals surface area contributed by atoms with E-state index in [0.717, 1.165) is 0 Å². The molecule has 0 aromatic heterocycles. The van der Waals surface area contributed by atoms with Gasteiger partial charge in [0, 0.05) is 12.5 Å². The molecule has 94 valence electrons. The molecule has 0 radical (unpaired) electrons. The third-order valence-electron chi connectivity index (χ3n) is 2.10. The highest BCUT2D eigenvalue weighted by Gasteiger charge is 2.28. The van der Waals surface area contributed by atoms with Crippen LogP contribution in [-0.2, 0) is 4.74 Å². The van der Waals surface area contributed by atoms with Crippen LogP contribution < -0.4 is 5.32 Å². The molecule has 2 atom stereocenters. The number of rotatable bonds is 5. The Labute approximate surface area is 100 Å². The first kappa shape index (κ1) is 15.4. The quantitative estimate of drug-likeness (QED) is 0.784. The van der Waals surface area contributed by atoms with Gasteiger partial charge in [0.1, 0.15) is 5.54 Å². The zero-order valence-corrected chi connectivity index (χ0v) is 11.7. The fraction of sp³-hybridized carbons (Fsp3) is 0.923. The highest BCUT2D eigenvalue weighted by atomic mass is 16.5. The van der Waals surface area contributed by atoms with E-state index in [1.165, 1.54) is 0 Å². The zero-order valence-electron chi connectivity index (χ0n) is 11.7. The van der Waals surface area contributed by atoms with E-state index in [2.05, 4.69) is 11.4 Å². The fourth-order valence-electron chi connectivity index (χ4n) is 1.99. The van der Waals surface area contributed by atoms with Gasteiger partial charge in [0.15, 0.2) is 0 Å². The Kier molecular flexibility index (Phi) is 5.44. The largest absolute Gasteiger partial charge is 0.373 e. The van der Waals surface area contributed by atoms with Gasteiger partial charge in [0.05, 0.1) is 17.8 Å². The number of nitriles is 1. The van der Waals surface area contributed by atoms with Crippen molar-refractivity contribution in [1.82, 2.24) is 5.32 Å². The SMILES string of the molecule is CC(C)NC(C)(C#N)CC(C)OC(C)(C)C. The van der Waals surface area contributed by atoms with Gasteiger partial charge in [-0.2, -0.15) is 5.26 Å². The molecular weight excluding hydrogens is 200 g/mol. The van der Waals surface area contributed by atoms with Gasteiger partial charge < -0.3 is 4.74 Å². The van der Waals surface area contributed by atoms with Crippen molar-refractivity contribution in [2.24, 2.45) is 0 Å². The van der Waals surface area contributed by atoms with E-state index < -0.39 is 5.54 Å². The standard InChI is InChI=1S/C13H26N2O/c1-10(2)15-13(7,9-14)8-11(3)16-12(4,5)6/h10-11,15H,8H2,1-7H3. The highest BCUT2D eigenvalue weighted by molar-refractivity contribution is 5.05. The van der Waals surface area contributed by atoms with Crippen molar-refractivity contribution in [1.29, 1.82) is 5.26 Å². The van der Waals surface area contributed by atoms with E-state index in [9.17, 15) is 5.26 Å². The molecule has 0 bridgehead atoms. The molecule has 3 heteroatoms. The van der Waals surface area contributed by atoms with E-state index in [-0.39, 0.29) is 11.7 Å². The van der Waals surface area contributed by atoms with Crippen molar-refractivity contribution in [3.05, 3.63) is 0 Å². The number of hydrogen-bond acceptors (Lipinski definition) is 3. The van der Waals surface area contributed by atoms with Gasteiger partial charge in [-0.05, 0) is 48.5 Å².